The number of allylic oxidation sites excluding steroid dienone is 14. The molecule has 0 saturated heterocycles. The first-order valence-electron chi connectivity index (χ1n) is 14.4. The van der Waals surface area contributed by atoms with E-state index in [9.17, 15) is 9.18 Å². The molecule has 1 rings (SSSR count). The standard InChI is InChI=1S/C37H48FNO3/c1-11-15-17-20-30(19-16-12-2)31(18-13-3)22-27(7)28(8)23-32(21-26(5)6)33-24-34(41-10)36(37(40)39-14-4)35(25-33)42-29(9)38/h12-13,17-22,24-25,29H,2,5,7-8,11,14-16,23H2,1,3-4,6,9-10H3,(H,39,40)/b18-13-,20-17-,30-19+,31-22+,32-21+. The van der Waals surface area contributed by atoms with Crippen LogP contribution in [0.15, 0.2) is 115 Å². The number of benzene rings is 1. The van der Waals surface area contributed by atoms with Crippen LogP contribution in [0.3, 0.4) is 0 Å². The summed E-state index contributed by atoms with van der Waals surface area (Å²) in [4.78, 5) is 12.8. The molecule has 0 aliphatic heterocycles. The molecule has 0 aromatic heterocycles. The SMILES string of the molecule is C=CC/C=C(\C=C/CCC)C(/C=C\C)=C/C(=C)C(=C)C/C(=C\C(=C)C)c1cc(OC)c(C(=O)NCC)c(OC(C)F)c1. The van der Waals surface area contributed by atoms with Crippen LogP contribution in [-0.4, -0.2) is 25.9 Å². The van der Waals surface area contributed by atoms with Gasteiger partial charge in [-0.2, -0.15) is 0 Å². The molecule has 1 aromatic carbocycles. The second-order valence-corrected chi connectivity index (χ2v) is 9.87. The summed E-state index contributed by atoms with van der Waals surface area (Å²) in [7, 11) is 1.47. The predicted molar refractivity (Wildman–Crippen MR) is 178 cm³/mol. The number of carbonyl (C=O) groups is 1. The van der Waals surface area contributed by atoms with E-state index in [0.717, 1.165) is 52.7 Å². The normalized spacial score (nSPS) is 13.3. The molecule has 42 heavy (non-hydrogen) atoms. The van der Waals surface area contributed by atoms with Crippen LogP contribution in [0.2, 0.25) is 0 Å². The van der Waals surface area contributed by atoms with Crippen molar-refractivity contribution in [1.29, 1.82) is 0 Å². The number of halogens is 1. The van der Waals surface area contributed by atoms with Gasteiger partial charge >= 0.3 is 0 Å². The fourth-order valence-electron chi connectivity index (χ4n) is 4.12. The highest BCUT2D eigenvalue weighted by atomic mass is 19.1. The quantitative estimate of drug-likeness (QED) is 0.140. The largest absolute Gasteiger partial charge is 0.496 e. The topological polar surface area (TPSA) is 47.6 Å². The Morgan fingerprint density at radius 2 is 1.79 bits per heavy atom. The van der Waals surface area contributed by atoms with Crippen LogP contribution >= 0.6 is 0 Å². The van der Waals surface area contributed by atoms with Crippen LogP contribution in [0.4, 0.5) is 4.39 Å². The van der Waals surface area contributed by atoms with E-state index in [1.54, 1.807) is 19.1 Å². The fraction of sp³-hybridized carbons (Fsp3) is 0.324. The molecule has 0 radical (unpaired) electrons. The van der Waals surface area contributed by atoms with Gasteiger partial charge in [-0.25, -0.2) is 4.39 Å². The number of ether oxygens (including phenoxy) is 2. The molecule has 1 N–H and O–H groups in total. The molecule has 0 aliphatic rings. The maximum Gasteiger partial charge on any atom is 0.258 e. The molecule has 0 saturated carbocycles. The number of nitrogens with one attached hydrogen (secondary N) is 1. The van der Waals surface area contributed by atoms with E-state index in [1.165, 1.54) is 14.0 Å². The molecule has 0 heterocycles. The number of carbonyl (C=O) groups excluding carboxylic acids is 1. The Balaban J connectivity index is 3.61. The van der Waals surface area contributed by atoms with Crippen molar-refractivity contribution in [3.05, 3.63) is 126 Å². The number of hydrogen-bond acceptors (Lipinski definition) is 3. The van der Waals surface area contributed by atoms with Crippen molar-refractivity contribution in [2.75, 3.05) is 13.7 Å². The second kappa shape index (κ2) is 19.1. The van der Waals surface area contributed by atoms with Crippen molar-refractivity contribution in [3.63, 3.8) is 0 Å². The maximum absolute atomic E-state index is 14.1. The Hall–Kier alpha value is -4.12. The summed E-state index contributed by atoms with van der Waals surface area (Å²) in [6, 6.07) is 3.41. The zero-order valence-corrected chi connectivity index (χ0v) is 26.3. The van der Waals surface area contributed by atoms with Gasteiger partial charge in [-0.15, -0.1) is 6.58 Å². The molecule has 4 nitrogen and oxygen atoms in total. The molecule has 1 atom stereocenters. The summed E-state index contributed by atoms with van der Waals surface area (Å²) in [5.41, 5.74) is 6.15. The number of alkyl halides is 1. The second-order valence-electron chi connectivity index (χ2n) is 9.87. The van der Waals surface area contributed by atoms with Crippen LogP contribution < -0.4 is 14.8 Å². The lowest BCUT2D eigenvalue weighted by Gasteiger charge is -2.19. The zero-order chi connectivity index (χ0) is 31.7. The van der Waals surface area contributed by atoms with Gasteiger partial charge in [0.15, 0.2) is 0 Å². The van der Waals surface area contributed by atoms with Gasteiger partial charge in [0.1, 0.15) is 17.1 Å². The smallest absolute Gasteiger partial charge is 0.258 e. The third-order valence-electron chi connectivity index (χ3n) is 6.06. The number of methoxy groups -OCH3 is 1. The van der Waals surface area contributed by atoms with Gasteiger partial charge < -0.3 is 14.8 Å². The van der Waals surface area contributed by atoms with E-state index in [4.69, 9.17) is 9.47 Å². The summed E-state index contributed by atoms with van der Waals surface area (Å²) in [5.74, 6) is -0.0412. The monoisotopic (exact) mass is 573 g/mol. The van der Waals surface area contributed by atoms with Gasteiger partial charge in [0.2, 0.25) is 6.36 Å². The first-order chi connectivity index (χ1) is 20.0. The van der Waals surface area contributed by atoms with Crippen molar-refractivity contribution in [2.45, 2.75) is 66.7 Å². The summed E-state index contributed by atoms with van der Waals surface area (Å²) in [5, 5.41) is 2.74. The van der Waals surface area contributed by atoms with Gasteiger partial charge in [-0.3, -0.25) is 4.79 Å². The van der Waals surface area contributed by atoms with Crippen LogP contribution in [0.5, 0.6) is 11.5 Å². The summed E-state index contributed by atoms with van der Waals surface area (Å²) >= 11 is 0. The van der Waals surface area contributed by atoms with Crippen LogP contribution in [0.25, 0.3) is 5.57 Å². The van der Waals surface area contributed by atoms with Gasteiger partial charge in [0.05, 0.1) is 7.11 Å². The van der Waals surface area contributed by atoms with Gasteiger partial charge in [-0.1, -0.05) is 81.2 Å². The average molecular weight is 574 g/mol. The van der Waals surface area contributed by atoms with Crippen LogP contribution in [0.1, 0.15) is 76.2 Å². The van der Waals surface area contributed by atoms with E-state index < -0.39 is 12.3 Å². The highest BCUT2D eigenvalue weighted by Crippen LogP contribution is 2.37. The Bertz CT molecular complexity index is 1290. The molecule has 0 aliphatic carbocycles. The molecule has 226 valence electrons. The lowest BCUT2D eigenvalue weighted by molar-refractivity contribution is 0.0810. The maximum atomic E-state index is 14.1. The van der Waals surface area contributed by atoms with Crippen molar-refractivity contribution in [1.82, 2.24) is 5.32 Å². The number of rotatable bonds is 18. The Labute approximate surface area is 253 Å². The zero-order valence-electron chi connectivity index (χ0n) is 26.3. The van der Waals surface area contributed by atoms with Gasteiger partial charge in [0.25, 0.3) is 5.91 Å². The molecular formula is C37H48FNO3. The van der Waals surface area contributed by atoms with E-state index in [-0.39, 0.29) is 17.1 Å². The van der Waals surface area contributed by atoms with Crippen LogP contribution in [0, 0.1) is 0 Å². The van der Waals surface area contributed by atoms with Crippen LogP contribution in [-0.2, 0) is 0 Å². The molecule has 1 amide bonds. The minimum absolute atomic E-state index is 0.0912. The third-order valence-corrected chi connectivity index (χ3v) is 6.06. The Morgan fingerprint density at radius 3 is 2.33 bits per heavy atom. The molecule has 5 heteroatoms. The highest BCUT2D eigenvalue weighted by molar-refractivity contribution is 6.00. The summed E-state index contributed by atoms with van der Waals surface area (Å²) < 4.78 is 25.1. The van der Waals surface area contributed by atoms with E-state index in [1.807, 2.05) is 38.2 Å². The van der Waals surface area contributed by atoms with Crippen molar-refractivity contribution in [2.24, 2.45) is 0 Å². The third kappa shape index (κ3) is 11.8. The van der Waals surface area contributed by atoms with E-state index in [2.05, 4.69) is 62.9 Å². The number of amides is 1. The van der Waals surface area contributed by atoms with E-state index >= 15 is 0 Å². The number of unbranched alkanes of at least 4 members (excludes halogenated alkanes) is 1. The minimum Gasteiger partial charge on any atom is -0.496 e. The first kappa shape index (κ1) is 35.9. The average Bonchev–Trinajstić information content (AvgIpc) is 2.93. The van der Waals surface area contributed by atoms with Crippen molar-refractivity contribution in [3.8, 4) is 11.5 Å². The fourth-order valence-corrected chi connectivity index (χ4v) is 4.12. The lowest BCUT2D eigenvalue weighted by Crippen LogP contribution is -2.24. The van der Waals surface area contributed by atoms with Crippen molar-refractivity contribution < 1.29 is 18.7 Å². The van der Waals surface area contributed by atoms with E-state index in [0.29, 0.717) is 18.5 Å². The Kier molecular flexibility index (Phi) is 16.3. The summed E-state index contributed by atoms with van der Waals surface area (Å²) in [6.45, 7) is 26.1. The molecule has 1 unspecified atom stereocenters. The molecule has 0 spiro atoms. The van der Waals surface area contributed by atoms with Gasteiger partial charge in [-0.05, 0) is 91.7 Å². The summed E-state index contributed by atoms with van der Waals surface area (Å²) in [6.07, 6.45) is 17.9. The van der Waals surface area contributed by atoms with Gasteiger partial charge in [0, 0.05) is 13.5 Å². The Morgan fingerprint density at radius 1 is 1.10 bits per heavy atom. The minimum atomic E-state index is -1.63. The molecule has 0 fully saturated rings. The highest BCUT2D eigenvalue weighted by Gasteiger charge is 2.22. The lowest BCUT2D eigenvalue weighted by atomic mass is 9.91. The molecule has 1 aromatic rings. The predicted octanol–water partition coefficient (Wildman–Crippen LogP) is 9.96. The molecular weight excluding hydrogens is 525 g/mol. The number of hydrogen-bond donors (Lipinski definition) is 1. The first-order valence-corrected chi connectivity index (χ1v) is 14.4. The molecule has 0 bridgehead atoms. The van der Waals surface area contributed by atoms with Crippen molar-refractivity contribution >= 4 is 11.5 Å².